The normalized spacial score (nSPS) is 16.4. The van der Waals surface area contributed by atoms with Gasteiger partial charge in [0.2, 0.25) is 11.0 Å². The van der Waals surface area contributed by atoms with E-state index in [0.29, 0.717) is 12.2 Å². The van der Waals surface area contributed by atoms with Crippen LogP contribution >= 0.6 is 11.3 Å². The van der Waals surface area contributed by atoms with Crippen molar-refractivity contribution in [3.8, 4) is 5.13 Å². The van der Waals surface area contributed by atoms with Crippen LogP contribution in [-0.2, 0) is 4.79 Å². The van der Waals surface area contributed by atoms with Gasteiger partial charge in [-0.25, -0.2) is 4.98 Å². The maximum Gasteiger partial charge on any atom is 0.226 e. The highest BCUT2D eigenvalue weighted by molar-refractivity contribution is 7.20. The predicted molar refractivity (Wildman–Crippen MR) is 106 cm³/mol. The zero-order valence-electron chi connectivity index (χ0n) is 14.9. The summed E-state index contributed by atoms with van der Waals surface area (Å²) < 4.78 is 2.88. The number of fused-ring (bicyclic) bond motifs is 2. The molecule has 6 nitrogen and oxygen atoms in total. The number of nitrogens with zero attached hydrogens (tertiary/aromatic N) is 4. The van der Waals surface area contributed by atoms with Crippen molar-refractivity contribution in [1.29, 1.82) is 0 Å². The Hall–Kier alpha value is -3.06. The van der Waals surface area contributed by atoms with Gasteiger partial charge in [-0.1, -0.05) is 23.5 Å². The average molecular weight is 375 g/mol. The molecule has 0 bridgehead atoms. The van der Waals surface area contributed by atoms with Crippen molar-refractivity contribution in [3.63, 3.8) is 0 Å². The summed E-state index contributed by atoms with van der Waals surface area (Å²) in [6, 6.07) is 10.1. The number of rotatable bonds is 2. The minimum Gasteiger partial charge on any atom is -0.310 e. The lowest BCUT2D eigenvalue weighted by molar-refractivity contribution is -0.116. The molecular formula is C20H17N5OS. The highest BCUT2D eigenvalue weighted by Crippen LogP contribution is 2.40. The summed E-state index contributed by atoms with van der Waals surface area (Å²) in [7, 11) is 0. The largest absolute Gasteiger partial charge is 0.310 e. The van der Waals surface area contributed by atoms with Crippen LogP contribution < -0.4 is 5.32 Å². The van der Waals surface area contributed by atoms with E-state index in [1.807, 2.05) is 31.3 Å². The number of amides is 1. The van der Waals surface area contributed by atoms with E-state index in [1.165, 1.54) is 5.56 Å². The number of hydrogen-bond acceptors (Lipinski definition) is 5. The number of pyridine rings is 1. The van der Waals surface area contributed by atoms with E-state index in [0.717, 1.165) is 32.2 Å². The lowest BCUT2D eigenvalue weighted by Crippen LogP contribution is -2.25. The van der Waals surface area contributed by atoms with Gasteiger partial charge in [0.1, 0.15) is 5.82 Å². The van der Waals surface area contributed by atoms with Crippen molar-refractivity contribution in [1.82, 2.24) is 19.7 Å². The van der Waals surface area contributed by atoms with Crippen LogP contribution in [0.2, 0.25) is 0 Å². The average Bonchev–Trinajstić information content (AvgIpc) is 3.22. The Kier molecular flexibility index (Phi) is 3.58. The van der Waals surface area contributed by atoms with E-state index in [9.17, 15) is 4.79 Å². The minimum atomic E-state index is -0.0483. The number of anilines is 1. The van der Waals surface area contributed by atoms with E-state index >= 15 is 0 Å². The van der Waals surface area contributed by atoms with Gasteiger partial charge in [-0.15, -0.1) is 0 Å². The molecule has 0 radical (unpaired) electrons. The summed E-state index contributed by atoms with van der Waals surface area (Å²) >= 11 is 1.57. The van der Waals surface area contributed by atoms with Gasteiger partial charge in [-0.3, -0.25) is 9.78 Å². The second-order valence-corrected chi connectivity index (χ2v) is 7.83. The molecule has 1 aliphatic heterocycles. The lowest BCUT2D eigenvalue weighted by Gasteiger charge is -2.23. The quantitative estimate of drug-likeness (QED) is 0.575. The molecule has 4 aromatic rings. The van der Waals surface area contributed by atoms with Crippen molar-refractivity contribution in [3.05, 3.63) is 65.1 Å². The number of aryl methyl sites for hydroxylation is 2. The van der Waals surface area contributed by atoms with Crippen molar-refractivity contribution >= 4 is 33.3 Å². The zero-order chi connectivity index (χ0) is 18.5. The Bertz CT molecular complexity index is 1180. The summed E-state index contributed by atoms with van der Waals surface area (Å²) in [4.78, 5) is 21.4. The Morgan fingerprint density at radius 1 is 1.26 bits per heavy atom. The first kappa shape index (κ1) is 16.1. The van der Waals surface area contributed by atoms with Gasteiger partial charge in [-0.05, 0) is 43.2 Å². The molecule has 134 valence electrons. The van der Waals surface area contributed by atoms with E-state index in [4.69, 9.17) is 10.1 Å². The summed E-state index contributed by atoms with van der Waals surface area (Å²) in [5.41, 5.74) is 5.10. The van der Waals surface area contributed by atoms with Gasteiger partial charge in [0.05, 0.1) is 15.9 Å². The fourth-order valence-electron chi connectivity index (χ4n) is 3.66. The van der Waals surface area contributed by atoms with Gasteiger partial charge in [-0.2, -0.15) is 9.78 Å². The van der Waals surface area contributed by atoms with Crippen molar-refractivity contribution in [2.24, 2.45) is 0 Å². The molecule has 0 saturated heterocycles. The van der Waals surface area contributed by atoms with Crippen molar-refractivity contribution in [2.45, 2.75) is 26.2 Å². The minimum absolute atomic E-state index is 0.0190. The van der Waals surface area contributed by atoms with E-state index in [-0.39, 0.29) is 11.8 Å². The third-order valence-electron chi connectivity index (χ3n) is 4.90. The predicted octanol–water partition coefficient (Wildman–Crippen LogP) is 3.97. The number of nitrogens with one attached hydrogen (secondary N) is 1. The number of benzene rings is 1. The smallest absolute Gasteiger partial charge is 0.226 e. The molecule has 0 aliphatic carbocycles. The molecule has 1 atom stereocenters. The topological polar surface area (TPSA) is 72.7 Å². The van der Waals surface area contributed by atoms with Crippen LogP contribution in [0.5, 0.6) is 0 Å². The van der Waals surface area contributed by atoms with E-state index in [2.05, 4.69) is 29.4 Å². The Morgan fingerprint density at radius 3 is 2.96 bits per heavy atom. The summed E-state index contributed by atoms with van der Waals surface area (Å²) in [5.74, 6) is 0.649. The maximum atomic E-state index is 12.4. The molecule has 27 heavy (non-hydrogen) atoms. The van der Waals surface area contributed by atoms with Crippen molar-refractivity contribution < 1.29 is 4.79 Å². The third kappa shape index (κ3) is 2.62. The van der Waals surface area contributed by atoms with E-state index < -0.39 is 0 Å². The fourth-order valence-corrected chi connectivity index (χ4v) is 4.68. The first-order valence-electron chi connectivity index (χ1n) is 8.77. The van der Waals surface area contributed by atoms with Crippen LogP contribution in [0.1, 0.15) is 34.7 Å². The molecule has 1 aromatic carbocycles. The lowest BCUT2D eigenvalue weighted by atomic mass is 9.87. The molecular weight excluding hydrogens is 358 g/mol. The molecule has 1 N–H and O–H groups in total. The molecule has 5 rings (SSSR count). The third-order valence-corrected chi connectivity index (χ3v) is 5.90. The molecule has 4 heterocycles. The fraction of sp³-hybridized carbons (Fsp3) is 0.200. The van der Waals surface area contributed by atoms with Crippen LogP contribution in [0.3, 0.4) is 0 Å². The zero-order valence-corrected chi connectivity index (χ0v) is 15.7. The number of carbonyl (C=O) groups is 1. The van der Waals surface area contributed by atoms with Crippen LogP contribution in [0.25, 0.3) is 15.3 Å². The monoisotopic (exact) mass is 375 g/mol. The molecule has 0 saturated carbocycles. The van der Waals surface area contributed by atoms with Gasteiger partial charge < -0.3 is 5.32 Å². The number of carbonyl (C=O) groups excluding carboxylic acids is 1. The van der Waals surface area contributed by atoms with Gasteiger partial charge in [0, 0.05) is 30.3 Å². The highest BCUT2D eigenvalue weighted by atomic mass is 32.1. The van der Waals surface area contributed by atoms with Gasteiger partial charge in [0.15, 0.2) is 0 Å². The van der Waals surface area contributed by atoms with Crippen LogP contribution in [0.4, 0.5) is 5.82 Å². The second-order valence-electron chi connectivity index (χ2n) is 6.82. The van der Waals surface area contributed by atoms with Crippen LogP contribution in [-0.4, -0.2) is 25.7 Å². The van der Waals surface area contributed by atoms with Gasteiger partial charge >= 0.3 is 0 Å². The summed E-state index contributed by atoms with van der Waals surface area (Å²) in [6.07, 6.45) is 3.96. The van der Waals surface area contributed by atoms with Crippen LogP contribution in [0.15, 0.2) is 42.7 Å². The Balaban J connectivity index is 1.68. The van der Waals surface area contributed by atoms with E-state index in [1.54, 1.807) is 22.2 Å². The highest BCUT2D eigenvalue weighted by Gasteiger charge is 2.33. The van der Waals surface area contributed by atoms with Gasteiger partial charge in [0.25, 0.3) is 0 Å². The number of thiazole rings is 1. The molecule has 7 heteroatoms. The Morgan fingerprint density at radius 2 is 2.15 bits per heavy atom. The number of aromatic nitrogens is 4. The standard InChI is InChI=1S/C20H17N5OS/c1-11-5-6-15-16(8-11)27-20(22-15)25-19-18(12(2)24-25)14(9-17(26)23-19)13-4-3-7-21-10-13/h3-8,10,14H,9H2,1-2H3,(H,23,26)/t14-/m1/s1. The first-order valence-corrected chi connectivity index (χ1v) is 9.58. The Labute approximate surface area is 159 Å². The maximum absolute atomic E-state index is 12.4. The number of hydrogen-bond donors (Lipinski definition) is 1. The molecule has 0 spiro atoms. The molecule has 0 fully saturated rings. The second kappa shape index (κ2) is 5.99. The summed E-state index contributed by atoms with van der Waals surface area (Å²) in [5, 5.41) is 8.49. The molecule has 1 amide bonds. The molecule has 0 unspecified atom stereocenters. The van der Waals surface area contributed by atoms with Crippen molar-refractivity contribution in [2.75, 3.05) is 5.32 Å². The summed E-state index contributed by atoms with van der Waals surface area (Å²) in [6.45, 7) is 4.05. The molecule has 1 aliphatic rings. The van der Waals surface area contributed by atoms with Crippen LogP contribution in [0, 0.1) is 13.8 Å². The molecule has 3 aromatic heterocycles. The first-order chi connectivity index (χ1) is 13.1. The SMILES string of the molecule is Cc1ccc2nc(-n3nc(C)c4c3NC(=O)C[C@@H]4c3cccnc3)sc2c1.